The van der Waals surface area contributed by atoms with E-state index in [1.807, 2.05) is 0 Å². The number of imide groups is 1. The molecule has 3 aromatic carbocycles. The molecule has 0 bridgehead atoms. The third-order valence-corrected chi connectivity index (χ3v) is 7.22. The van der Waals surface area contributed by atoms with Crippen LogP contribution in [-0.2, 0) is 16.2 Å². The Morgan fingerprint density at radius 1 is 1.08 bits per heavy atom. The summed E-state index contributed by atoms with van der Waals surface area (Å²) in [5.41, 5.74) is 1.90. The number of carbonyl (C=O) groups excluding carboxylic acids is 3. The number of hydrogen-bond donors (Lipinski definition) is 1. The van der Waals surface area contributed by atoms with Crippen LogP contribution in [-0.4, -0.2) is 28.5 Å². The second-order valence-corrected chi connectivity index (χ2v) is 10.7. The van der Waals surface area contributed by atoms with Gasteiger partial charge in [-0.1, -0.05) is 29.8 Å². The van der Waals surface area contributed by atoms with Gasteiger partial charge in [0, 0.05) is 10.7 Å². The van der Waals surface area contributed by atoms with E-state index in [-0.39, 0.29) is 17.3 Å². The second kappa shape index (κ2) is 11.6. The molecular weight excluding hydrogens is 639 g/mol. The average molecular weight is 655 g/mol. The van der Waals surface area contributed by atoms with Crippen molar-refractivity contribution in [2.45, 2.75) is 6.61 Å². The van der Waals surface area contributed by atoms with Gasteiger partial charge in [-0.15, -0.1) is 0 Å². The zero-order valence-corrected chi connectivity index (χ0v) is 23.0. The highest BCUT2D eigenvalue weighted by atomic mass is 79.9. The Morgan fingerprint density at radius 2 is 1.78 bits per heavy atom. The van der Waals surface area contributed by atoms with Gasteiger partial charge in [0.25, 0.3) is 11.1 Å². The van der Waals surface area contributed by atoms with Crippen molar-refractivity contribution in [3.8, 4) is 5.75 Å². The maximum absolute atomic E-state index is 13.1. The fraction of sp³-hybridized carbons (Fsp3) is 0.0800. The number of benzene rings is 3. The van der Waals surface area contributed by atoms with Crippen molar-refractivity contribution in [2.75, 3.05) is 11.9 Å². The van der Waals surface area contributed by atoms with E-state index in [1.54, 1.807) is 54.6 Å². The predicted octanol–water partition coefficient (Wildman–Crippen LogP) is 7.26. The molecule has 0 unspecified atom stereocenters. The van der Waals surface area contributed by atoms with Crippen molar-refractivity contribution in [2.24, 2.45) is 0 Å². The van der Waals surface area contributed by atoms with Crippen LogP contribution in [0.1, 0.15) is 11.1 Å². The largest absolute Gasteiger partial charge is 0.487 e. The van der Waals surface area contributed by atoms with Gasteiger partial charge in [0.15, 0.2) is 0 Å². The van der Waals surface area contributed by atoms with Gasteiger partial charge >= 0.3 is 0 Å². The zero-order valence-electron chi connectivity index (χ0n) is 18.3. The summed E-state index contributed by atoms with van der Waals surface area (Å²) < 4.78 is 20.2. The van der Waals surface area contributed by atoms with Crippen LogP contribution in [0.4, 0.5) is 14.9 Å². The first-order chi connectivity index (χ1) is 17.2. The SMILES string of the molecule is O=C(CN1C(=O)S/C(=C/c2cc(Br)c(OCc3ccc(F)cc3)c(Br)c2)C1=O)Nc1cccc(Cl)c1. The molecular formula is C25H16Br2ClFN2O4S. The first kappa shape index (κ1) is 26.4. The summed E-state index contributed by atoms with van der Waals surface area (Å²) in [6.45, 7) is -0.189. The Morgan fingerprint density at radius 3 is 2.44 bits per heavy atom. The molecule has 6 nitrogen and oxygen atoms in total. The molecule has 1 N–H and O–H groups in total. The fourth-order valence-electron chi connectivity index (χ4n) is 3.23. The molecule has 0 saturated carbocycles. The number of carbonyl (C=O) groups is 3. The van der Waals surface area contributed by atoms with E-state index in [2.05, 4.69) is 37.2 Å². The van der Waals surface area contributed by atoms with Gasteiger partial charge in [-0.05, 0) is 103 Å². The molecule has 1 fully saturated rings. The van der Waals surface area contributed by atoms with Crippen LogP contribution in [0.5, 0.6) is 5.75 Å². The minimum Gasteiger partial charge on any atom is -0.487 e. The van der Waals surface area contributed by atoms with Crippen LogP contribution < -0.4 is 10.1 Å². The Kier molecular flexibility index (Phi) is 8.50. The van der Waals surface area contributed by atoms with E-state index < -0.39 is 23.6 Å². The third-order valence-electron chi connectivity index (χ3n) is 4.90. The van der Waals surface area contributed by atoms with Crippen LogP contribution >= 0.6 is 55.2 Å². The van der Waals surface area contributed by atoms with Crippen LogP contribution in [0.15, 0.2) is 74.5 Å². The Hall–Kier alpha value is -2.66. The zero-order chi connectivity index (χ0) is 25.8. The van der Waals surface area contributed by atoms with Crippen molar-refractivity contribution >= 4 is 84.0 Å². The minimum atomic E-state index is -0.560. The maximum atomic E-state index is 13.1. The number of ether oxygens (including phenoxy) is 1. The number of nitrogens with one attached hydrogen (secondary N) is 1. The van der Waals surface area contributed by atoms with E-state index in [0.717, 1.165) is 22.2 Å². The third kappa shape index (κ3) is 6.56. The van der Waals surface area contributed by atoms with Crippen LogP contribution in [0.2, 0.25) is 5.02 Å². The highest BCUT2D eigenvalue weighted by Crippen LogP contribution is 2.38. The van der Waals surface area contributed by atoms with Gasteiger partial charge in [0.05, 0.1) is 13.9 Å². The van der Waals surface area contributed by atoms with E-state index in [0.29, 0.717) is 31.0 Å². The molecule has 0 spiro atoms. The van der Waals surface area contributed by atoms with E-state index in [4.69, 9.17) is 16.3 Å². The van der Waals surface area contributed by atoms with Crippen molar-refractivity contribution in [1.82, 2.24) is 4.90 Å². The van der Waals surface area contributed by atoms with Gasteiger partial charge in [-0.3, -0.25) is 19.3 Å². The lowest BCUT2D eigenvalue weighted by molar-refractivity contribution is -0.127. The van der Waals surface area contributed by atoms with Gasteiger partial charge in [-0.25, -0.2) is 4.39 Å². The predicted molar refractivity (Wildman–Crippen MR) is 145 cm³/mol. The number of halogens is 4. The number of amides is 3. The Balaban J connectivity index is 1.43. The topological polar surface area (TPSA) is 75.7 Å². The Bertz CT molecular complexity index is 1360. The van der Waals surface area contributed by atoms with Gasteiger partial charge in [0.1, 0.15) is 24.7 Å². The van der Waals surface area contributed by atoms with E-state index >= 15 is 0 Å². The lowest BCUT2D eigenvalue weighted by Gasteiger charge is -2.13. The minimum absolute atomic E-state index is 0.189. The lowest BCUT2D eigenvalue weighted by atomic mass is 10.2. The van der Waals surface area contributed by atoms with Crippen molar-refractivity contribution in [1.29, 1.82) is 0 Å². The summed E-state index contributed by atoms with van der Waals surface area (Å²) in [7, 11) is 0. The van der Waals surface area contributed by atoms with Gasteiger partial charge < -0.3 is 10.1 Å². The molecule has 0 atom stereocenters. The van der Waals surface area contributed by atoms with Crippen molar-refractivity contribution in [3.05, 3.63) is 96.5 Å². The van der Waals surface area contributed by atoms with E-state index in [9.17, 15) is 18.8 Å². The highest BCUT2D eigenvalue weighted by Gasteiger charge is 2.36. The molecule has 0 aromatic heterocycles. The molecule has 0 radical (unpaired) electrons. The Labute approximate surface area is 232 Å². The molecule has 36 heavy (non-hydrogen) atoms. The average Bonchev–Trinajstić information content (AvgIpc) is 3.07. The molecule has 3 amide bonds. The molecule has 11 heteroatoms. The fourth-order valence-corrected chi connectivity index (χ4v) is 5.71. The highest BCUT2D eigenvalue weighted by molar-refractivity contribution is 9.11. The molecule has 1 aliphatic heterocycles. The molecule has 1 heterocycles. The van der Waals surface area contributed by atoms with Gasteiger partial charge in [-0.2, -0.15) is 0 Å². The lowest BCUT2D eigenvalue weighted by Crippen LogP contribution is -2.36. The number of nitrogens with zero attached hydrogens (tertiary/aromatic N) is 1. The summed E-state index contributed by atoms with van der Waals surface area (Å²) in [6.07, 6.45) is 1.57. The molecule has 4 rings (SSSR count). The second-order valence-electron chi connectivity index (χ2n) is 7.56. The molecule has 0 aliphatic carbocycles. The normalized spacial score (nSPS) is 14.4. The van der Waals surface area contributed by atoms with Crippen LogP contribution in [0, 0.1) is 5.82 Å². The number of anilines is 1. The summed E-state index contributed by atoms with van der Waals surface area (Å²) in [6, 6.07) is 16.0. The summed E-state index contributed by atoms with van der Waals surface area (Å²) in [5, 5.41) is 2.53. The smallest absolute Gasteiger partial charge is 0.294 e. The molecule has 184 valence electrons. The first-order valence-corrected chi connectivity index (χ1v) is 13.1. The van der Waals surface area contributed by atoms with E-state index in [1.165, 1.54) is 12.1 Å². The number of rotatable bonds is 7. The molecule has 1 aliphatic rings. The standard InChI is InChI=1S/C25H16Br2ClFN2O4S/c26-19-8-15(9-20(27)23(19)35-13-14-4-6-17(29)7-5-14)10-21-24(33)31(25(34)36-21)12-22(32)30-18-3-1-2-16(28)11-18/h1-11H,12-13H2,(H,30,32)/b21-10+. The molecule has 1 saturated heterocycles. The molecule has 3 aromatic rings. The maximum Gasteiger partial charge on any atom is 0.294 e. The summed E-state index contributed by atoms with van der Waals surface area (Å²) in [4.78, 5) is 38.7. The summed E-state index contributed by atoms with van der Waals surface area (Å²) in [5.74, 6) is -0.872. The van der Waals surface area contributed by atoms with Crippen molar-refractivity contribution < 1.29 is 23.5 Å². The number of hydrogen-bond acceptors (Lipinski definition) is 5. The monoisotopic (exact) mass is 652 g/mol. The van der Waals surface area contributed by atoms with Crippen molar-refractivity contribution in [3.63, 3.8) is 0 Å². The van der Waals surface area contributed by atoms with Gasteiger partial charge in [0.2, 0.25) is 5.91 Å². The number of thioether (sulfide) groups is 1. The van der Waals surface area contributed by atoms with Crippen LogP contribution in [0.3, 0.4) is 0 Å². The summed E-state index contributed by atoms with van der Waals surface area (Å²) >= 11 is 13.6. The first-order valence-electron chi connectivity index (χ1n) is 10.4. The van der Waals surface area contributed by atoms with Crippen LogP contribution in [0.25, 0.3) is 6.08 Å². The quantitative estimate of drug-likeness (QED) is 0.272.